The topological polar surface area (TPSA) is 61.8 Å². The summed E-state index contributed by atoms with van der Waals surface area (Å²) in [6.07, 6.45) is 0.601. The van der Waals surface area contributed by atoms with E-state index < -0.39 is 11.8 Å². The largest absolute Gasteiger partial charge is 0.354 e. The average molecular weight is 549 g/mol. The Kier molecular flexibility index (Phi) is 10.3. The number of hydrogen-bond acceptors (Lipinski definition) is 3. The van der Waals surface area contributed by atoms with Crippen molar-refractivity contribution in [2.24, 2.45) is 5.10 Å². The van der Waals surface area contributed by atoms with Gasteiger partial charge in [0.1, 0.15) is 12.4 Å². The number of hydrazone groups is 1. The molecule has 0 radical (unpaired) electrons. The first-order chi connectivity index (χ1) is 17.2. The maximum absolute atomic E-state index is 14.0. The summed E-state index contributed by atoms with van der Waals surface area (Å²) in [5.74, 6) is -1.19. The highest BCUT2D eigenvalue weighted by molar-refractivity contribution is 6.36. The number of benzene rings is 3. The second-order valence-electron chi connectivity index (χ2n) is 8.04. The Morgan fingerprint density at radius 2 is 1.58 bits per heavy atom. The Bertz CT molecular complexity index is 1230. The van der Waals surface area contributed by atoms with Crippen molar-refractivity contribution >= 4 is 52.3 Å². The number of rotatable bonds is 10. The number of nitrogens with one attached hydrogen (secondary N) is 1. The Morgan fingerprint density at radius 1 is 0.917 bits per heavy atom. The van der Waals surface area contributed by atoms with Crippen LogP contribution in [-0.2, 0) is 22.4 Å². The van der Waals surface area contributed by atoms with Crippen LogP contribution in [0.25, 0.3) is 0 Å². The molecule has 0 heterocycles. The van der Waals surface area contributed by atoms with Crippen molar-refractivity contribution in [3.63, 3.8) is 0 Å². The minimum Gasteiger partial charge on any atom is -0.354 e. The maximum atomic E-state index is 14.0. The number of nitrogens with zero attached hydrogens (tertiary/aromatic N) is 2. The van der Waals surface area contributed by atoms with Crippen LogP contribution in [0.4, 0.5) is 4.39 Å². The van der Waals surface area contributed by atoms with E-state index in [1.54, 1.807) is 67.6 Å². The van der Waals surface area contributed by atoms with Crippen LogP contribution in [0.3, 0.4) is 0 Å². The molecule has 3 aromatic carbocycles. The standard InChI is InChI=1S/C27H25Cl3FN3O2/c1-18(19-9-12-21(28)13-10-19)33-34(27(36)14-11-20-5-2-3-8-25(20)31)17-26(35)32-16-15-22-23(29)6-4-7-24(22)30/h2-10,12-13H,11,14-17H2,1H3,(H,32,35)/b33-18+. The highest BCUT2D eigenvalue weighted by Crippen LogP contribution is 2.24. The third-order valence-corrected chi connectivity index (χ3v) is 6.40. The Morgan fingerprint density at radius 3 is 2.25 bits per heavy atom. The summed E-state index contributed by atoms with van der Waals surface area (Å²) in [4.78, 5) is 25.7. The highest BCUT2D eigenvalue weighted by atomic mass is 35.5. The summed E-state index contributed by atoms with van der Waals surface area (Å²) >= 11 is 18.3. The van der Waals surface area contributed by atoms with E-state index in [9.17, 15) is 14.0 Å². The van der Waals surface area contributed by atoms with E-state index in [0.717, 1.165) is 16.1 Å². The van der Waals surface area contributed by atoms with Crippen molar-refractivity contribution in [1.29, 1.82) is 0 Å². The Labute approximate surface area is 224 Å². The quantitative estimate of drug-likeness (QED) is 0.238. The van der Waals surface area contributed by atoms with Crippen LogP contribution in [-0.4, -0.2) is 35.6 Å². The molecule has 0 aliphatic rings. The summed E-state index contributed by atoms with van der Waals surface area (Å²) in [5, 5.41) is 9.91. The first-order valence-electron chi connectivity index (χ1n) is 11.3. The lowest BCUT2D eigenvalue weighted by molar-refractivity contribution is -0.136. The van der Waals surface area contributed by atoms with E-state index in [1.807, 2.05) is 0 Å². The van der Waals surface area contributed by atoms with Crippen LogP contribution >= 0.6 is 34.8 Å². The lowest BCUT2D eigenvalue weighted by atomic mass is 10.1. The molecule has 5 nitrogen and oxygen atoms in total. The van der Waals surface area contributed by atoms with E-state index in [1.165, 1.54) is 6.07 Å². The fourth-order valence-electron chi connectivity index (χ4n) is 3.47. The minimum absolute atomic E-state index is 0.0131. The molecule has 9 heteroatoms. The van der Waals surface area contributed by atoms with Crippen LogP contribution in [0.15, 0.2) is 71.8 Å². The van der Waals surface area contributed by atoms with Gasteiger partial charge in [0.25, 0.3) is 0 Å². The number of halogens is 4. The molecule has 0 fully saturated rings. The lowest BCUT2D eigenvalue weighted by Crippen LogP contribution is -2.39. The summed E-state index contributed by atoms with van der Waals surface area (Å²) in [5.41, 5.74) is 2.43. The SMILES string of the molecule is C/C(=N\N(CC(=O)NCCc1c(Cl)cccc1Cl)C(=O)CCc1ccccc1F)c1ccc(Cl)cc1. The van der Waals surface area contributed by atoms with Gasteiger partial charge in [-0.15, -0.1) is 0 Å². The molecule has 0 aromatic heterocycles. The van der Waals surface area contributed by atoms with E-state index in [0.29, 0.717) is 32.8 Å². The minimum atomic E-state index is -0.407. The number of carbonyl (C=O) groups excluding carboxylic acids is 2. The zero-order valence-electron chi connectivity index (χ0n) is 19.6. The monoisotopic (exact) mass is 547 g/mol. The van der Waals surface area contributed by atoms with Gasteiger partial charge in [-0.1, -0.05) is 71.2 Å². The summed E-state index contributed by atoms with van der Waals surface area (Å²) in [7, 11) is 0. The molecule has 1 N–H and O–H groups in total. The molecule has 0 aliphatic heterocycles. The lowest BCUT2D eigenvalue weighted by Gasteiger charge is -2.19. The Hall–Kier alpha value is -2.93. The third kappa shape index (κ3) is 8.05. The molecule has 0 saturated heterocycles. The Balaban J connectivity index is 1.69. The van der Waals surface area contributed by atoms with Gasteiger partial charge in [-0.2, -0.15) is 5.10 Å². The van der Waals surface area contributed by atoms with Crippen LogP contribution in [0.2, 0.25) is 15.1 Å². The number of carbonyl (C=O) groups is 2. The van der Waals surface area contributed by atoms with Crippen molar-refractivity contribution in [3.8, 4) is 0 Å². The van der Waals surface area contributed by atoms with Gasteiger partial charge in [-0.3, -0.25) is 9.59 Å². The third-order valence-electron chi connectivity index (χ3n) is 5.44. The van der Waals surface area contributed by atoms with E-state index in [2.05, 4.69) is 10.4 Å². The van der Waals surface area contributed by atoms with Gasteiger partial charge in [0, 0.05) is 28.0 Å². The first kappa shape index (κ1) is 27.7. The van der Waals surface area contributed by atoms with E-state index >= 15 is 0 Å². The molecule has 0 unspecified atom stereocenters. The zero-order chi connectivity index (χ0) is 26.1. The van der Waals surface area contributed by atoms with E-state index in [-0.39, 0.29) is 31.7 Å². The predicted molar refractivity (Wildman–Crippen MR) is 143 cm³/mol. The predicted octanol–water partition coefficient (Wildman–Crippen LogP) is 6.33. The molecule has 0 saturated carbocycles. The fourth-order valence-corrected chi connectivity index (χ4v) is 4.18. The summed E-state index contributed by atoms with van der Waals surface area (Å²) in [6, 6.07) is 18.5. The van der Waals surface area contributed by atoms with Gasteiger partial charge >= 0.3 is 0 Å². The molecule has 188 valence electrons. The molecule has 0 bridgehead atoms. The van der Waals surface area contributed by atoms with Gasteiger partial charge in [-0.05, 0) is 66.8 Å². The molecule has 3 aromatic rings. The van der Waals surface area contributed by atoms with Crippen LogP contribution in [0.1, 0.15) is 30.0 Å². The van der Waals surface area contributed by atoms with Crippen LogP contribution in [0, 0.1) is 5.82 Å². The highest BCUT2D eigenvalue weighted by Gasteiger charge is 2.18. The van der Waals surface area contributed by atoms with Gasteiger partial charge in [-0.25, -0.2) is 9.40 Å². The fraction of sp³-hybridized carbons (Fsp3) is 0.222. The van der Waals surface area contributed by atoms with Crippen molar-refractivity contribution in [3.05, 3.63) is 104 Å². The summed E-state index contributed by atoms with van der Waals surface area (Å²) < 4.78 is 14.0. The molecule has 0 spiro atoms. The van der Waals surface area contributed by atoms with Gasteiger partial charge in [0.05, 0.1) is 5.71 Å². The van der Waals surface area contributed by atoms with Crippen molar-refractivity contribution < 1.29 is 14.0 Å². The number of aryl methyl sites for hydroxylation is 1. The molecule has 2 amide bonds. The maximum Gasteiger partial charge on any atom is 0.243 e. The van der Waals surface area contributed by atoms with Crippen molar-refractivity contribution in [2.75, 3.05) is 13.1 Å². The van der Waals surface area contributed by atoms with Gasteiger partial charge in [0.15, 0.2) is 0 Å². The zero-order valence-corrected chi connectivity index (χ0v) is 21.9. The van der Waals surface area contributed by atoms with Crippen LogP contribution < -0.4 is 5.32 Å². The normalized spacial score (nSPS) is 11.3. The number of amides is 2. The molecule has 3 rings (SSSR count). The second-order valence-corrected chi connectivity index (χ2v) is 9.29. The molecule has 36 heavy (non-hydrogen) atoms. The van der Waals surface area contributed by atoms with Gasteiger partial charge < -0.3 is 5.32 Å². The number of hydrogen-bond donors (Lipinski definition) is 1. The van der Waals surface area contributed by atoms with Crippen LogP contribution in [0.5, 0.6) is 0 Å². The van der Waals surface area contributed by atoms with Gasteiger partial charge in [0.2, 0.25) is 11.8 Å². The van der Waals surface area contributed by atoms with Crippen molar-refractivity contribution in [2.45, 2.75) is 26.2 Å². The molecular weight excluding hydrogens is 524 g/mol. The second kappa shape index (κ2) is 13.4. The first-order valence-corrected chi connectivity index (χ1v) is 12.4. The molecule has 0 atom stereocenters. The average Bonchev–Trinajstić information content (AvgIpc) is 2.85. The van der Waals surface area contributed by atoms with Crippen molar-refractivity contribution in [1.82, 2.24) is 10.3 Å². The molecule has 0 aliphatic carbocycles. The summed E-state index contributed by atoms with van der Waals surface area (Å²) in [6.45, 7) is 1.72. The molecular formula is C27H25Cl3FN3O2. The smallest absolute Gasteiger partial charge is 0.243 e. The van der Waals surface area contributed by atoms with E-state index in [4.69, 9.17) is 34.8 Å².